The molecule has 3 aromatic carbocycles. The van der Waals surface area contributed by atoms with Gasteiger partial charge in [0.05, 0.1) is 0 Å². The fourth-order valence-corrected chi connectivity index (χ4v) is 2.65. The lowest BCUT2D eigenvalue weighted by Gasteiger charge is -2.16. The SMILES string of the molecule is [I-].c1ccc(C[NH2+]C(c2ccccc2)c2ccccc2)cc1. The quantitative estimate of drug-likeness (QED) is 0.602. The molecule has 0 saturated carbocycles. The molecular weight excluding hydrogens is 381 g/mol. The van der Waals surface area contributed by atoms with Crippen LogP contribution in [0.3, 0.4) is 0 Å². The van der Waals surface area contributed by atoms with Gasteiger partial charge in [0.2, 0.25) is 0 Å². The standard InChI is InChI=1S/C20H19N.HI/c1-4-10-17(11-5-1)16-21-20(18-12-6-2-7-13-18)19-14-8-3-9-15-19;/h1-15,20-21H,16H2;1H. The third-order valence-corrected chi connectivity index (χ3v) is 3.75. The molecule has 0 atom stereocenters. The van der Waals surface area contributed by atoms with Gasteiger partial charge in [-0.25, -0.2) is 0 Å². The summed E-state index contributed by atoms with van der Waals surface area (Å²) < 4.78 is 0. The van der Waals surface area contributed by atoms with Crippen LogP contribution in [0, 0.1) is 0 Å². The van der Waals surface area contributed by atoms with Crippen LogP contribution >= 0.6 is 0 Å². The molecule has 1 nitrogen and oxygen atoms in total. The van der Waals surface area contributed by atoms with Gasteiger partial charge in [0.25, 0.3) is 0 Å². The first-order valence-corrected chi connectivity index (χ1v) is 7.40. The van der Waals surface area contributed by atoms with Crippen molar-refractivity contribution >= 4 is 0 Å². The van der Waals surface area contributed by atoms with Crippen molar-refractivity contribution in [2.24, 2.45) is 0 Å². The van der Waals surface area contributed by atoms with Crippen molar-refractivity contribution in [3.05, 3.63) is 108 Å². The fourth-order valence-electron chi connectivity index (χ4n) is 2.65. The van der Waals surface area contributed by atoms with E-state index >= 15 is 0 Å². The monoisotopic (exact) mass is 401 g/mol. The van der Waals surface area contributed by atoms with Crippen molar-refractivity contribution in [1.29, 1.82) is 0 Å². The van der Waals surface area contributed by atoms with Crippen LogP contribution in [0.4, 0.5) is 0 Å². The molecule has 3 aromatic rings. The van der Waals surface area contributed by atoms with Gasteiger partial charge in [-0.2, -0.15) is 0 Å². The van der Waals surface area contributed by atoms with E-state index in [1.807, 2.05) is 0 Å². The van der Waals surface area contributed by atoms with E-state index in [0.29, 0.717) is 6.04 Å². The van der Waals surface area contributed by atoms with Crippen molar-refractivity contribution in [3.63, 3.8) is 0 Å². The summed E-state index contributed by atoms with van der Waals surface area (Å²) >= 11 is 0. The molecule has 0 fully saturated rings. The minimum Gasteiger partial charge on any atom is -1.00 e. The van der Waals surface area contributed by atoms with Gasteiger partial charge in [-0.1, -0.05) is 91.0 Å². The van der Waals surface area contributed by atoms with E-state index in [-0.39, 0.29) is 24.0 Å². The number of quaternary nitrogens is 1. The van der Waals surface area contributed by atoms with Crippen molar-refractivity contribution in [3.8, 4) is 0 Å². The maximum Gasteiger partial charge on any atom is 0.138 e. The molecule has 0 unspecified atom stereocenters. The molecule has 0 amide bonds. The minimum absolute atomic E-state index is 0. The zero-order chi connectivity index (χ0) is 14.3. The van der Waals surface area contributed by atoms with Crippen molar-refractivity contribution < 1.29 is 29.3 Å². The highest BCUT2D eigenvalue weighted by Gasteiger charge is 2.16. The van der Waals surface area contributed by atoms with Gasteiger partial charge < -0.3 is 29.3 Å². The van der Waals surface area contributed by atoms with Crippen LogP contribution in [0.1, 0.15) is 22.7 Å². The number of rotatable bonds is 5. The Balaban J connectivity index is 0.00000176. The Morgan fingerprint density at radius 3 is 1.45 bits per heavy atom. The second-order valence-electron chi connectivity index (χ2n) is 5.22. The van der Waals surface area contributed by atoms with Crippen molar-refractivity contribution in [2.45, 2.75) is 12.6 Å². The highest BCUT2D eigenvalue weighted by Crippen LogP contribution is 2.17. The largest absolute Gasteiger partial charge is 1.00 e. The maximum absolute atomic E-state index is 2.40. The molecule has 3 rings (SSSR count). The summed E-state index contributed by atoms with van der Waals surface area (Å²) in [6.07, 6.45) is 0. The highest BCUT2D eigenvalue weighted by molar-refractivity contribution is 5.29. The topological polar surface area (TPSA) is 16.6 Å². The molecule has 0 saturated heterocycles. The zero-order valence-electron chi connectivity index (χ0n) is 12.4. The number of hydrogen-bond acceptors (Lipinski definition) is 0. The summed E-state index contributed by atoms with van der Waals surface area (Å²) in [5.74, 6) is 0. The number of benzene rings is 3. The van der Waals surface area contributed by atoms with Crippen molar-refractivity contribution in [1.82, 2.24) is 0 Å². The Morgan fingerprint density at radius 1 is 0.591 bits per heavy atom. The van der Waals surface area contributed by atoms with Crippen LogP contribution in [0.5, 0.6) is 0 Å². The lowest BCUT2D eigenvalue weighted by Crippen LogP contribution is -3.00. The van der Waals surface area contributed by atoms with Gasteiger partial charge in [0.15, 0.2) is 0 Å². The van der Waals surface area contributed by atoms with Crippen LogP contribution in [0.25, 0.3) is 0 Å². The van der Waals surface area contributed by atoms with Gasteiger partial charge in [-0.05, 0) is 0 Å². The third-order valence-electron chi connectivity index (χ3n) is 3.75. The summed E-state index contributed by atoms with van der Waals surface area (Å²) in [5, 5.41) is 2.40. The zero-order valence-corrected chi connectivity index (χ0v) is 14.6. The number of hydrogen-bond donors (Lipinski definition) is 1. The average Bonchev–Trinajstić information content (AvgIpc) is 2.58. The Morgan fingerprint density at radius 2 is 1.00 bits per heavy atom. The van der Waals surface area contributed by atoms with Gasteiger partial charge in [-0.3, -0.25) is 0 Å². The molecule has 0 radical (unpaired) electrons. The summed E-state index contributed by atoms with van der Waals surface area (Å²) in [7, 11) is 0. The van der Waals surface area contributed by atoms with E-state index in [2.05, 4.69) is 96.3 Å². The van der Waals surface area contributed by atoms with Crippen LogP contribution < -0.4 is 29.3 Å². The van der Waals surface area contributed by atoms with Gasteiger partial charge >= 0.3 is 0 Å². The second-order valence-corrected chi connectivity index (χ2v) is 5.22. The number of nitrogens with two attached hydrogens (primary N) is 1. The van der Waals surface area contributed by atoms with E-state index in [1.54, 1.807) is 0 Å². The Kier molecular flexibility index (Phi) is 6.62. The predicted octanol–water partition coefficient (Wildman–Crippen LogP) is 0.544. The molecule has 0 aliphatic carbocycles. The first kappa shape index (κ1) is 16.7. The molecule has 2 N–H and O–H groups in total. The molecule has 0 aliphatic heterocycles. The van der Waals surface area contributed by atoms with E-state index < -0.39 is 0 Å². The molecule has 0 heterocycles. The summed E-state index contributed by atoms with van der Waals surface area (Å²) in [4.78, 5) is 0. The Bertz CT molecular complexity index is 614. The minimum atomic E-state index is 0. The lowest BCUT2D eigenvalue weighted by atomic mass is 9.98. The molecule has 0 bridgehead atoms. The van der Waals surface area contributed by atoms with Gasteiger partial charge in [-0.15, -0.1) is 0 Å². The van der Waals surface area contributed by atoms with Gasteiger partial charge in [0, 0.05) is 16.7 Å². The molecule has 22 heavy (non-hydrogen) atoms. The first-order valence-electron chi connectivity index (χ1n) is 7.40. The van der Waals surface area contributed by atoms with E-state index in [4.69, 9.17) is 0 Å². The summed E-state index contributed by atoms with van der Waals surface area (Å²) in [5.41, 5.74) is 4.05. The highest BCUT2D eigenvalue weighted by atomic mass is 127. The van der Waals surface area contributed by atoms with Crippen molar-refractivity contribution in [2.75, 3.05) is 0 Å². The van der Waals surface area contributed by atoms with E-state index in [0.717, 1.165) is 6.54 Å². The first-order chi connectivity index (χ1) is 10.4. The second kappa shape index (κ2) is 8.71. The molecule has 112 valence electrons. The summed E-state index contributed by atoms with van der Waals surface area (Å²) in [6.45, 7) is 0.981. The molecule has 0 aliphatic rings. The Hall–Kier alpha value is -1.65. The van der Waals surface area contributed by atoms with Gasteiger partial charge in [0.1, 0.15) is 12.6 Å². The molecule has 0 spiro atoms. The molecule has 2 heteroatoms. The lowest BCUT2D eigenvalue weighted by molar-refractivity contribution is -0.702. The fraction of sp³-hybridized carbons (Fsp3) is 0.100. The average molecular weight is 401 g/mol. The summed E-state index contributed by atoms with van der Waals surface area (Å²) in [6, 6.07) is 32.4. The maximum atomic E-state index is 2.40. The van der Waals surface area contributed by atoms with E-state index in [9.17, 15) is 0 Å². The Labute approximate surface area is 149 Å². The van der Waals surface area contributed by atoms with Crippen LogP contribution in [-0.4, -0.2) is 0 Å². The van der Waals surface area contributed by atoms with E-state index in [1.165, 1.54) is 16.7 Å². The predicted molar refractivity (Wildman–Crippen MR) is 86.8 cm³/mol. The molecular formula is C20H20IN. The third kappa shape index (κ3) is 4.42. The van der Waals surface area contributed by atoms with Crippen LogP contribution in [0.2, 0.25) is 0 Å². The normalized spacial score (nSPS) is 10.2. The molecule has 0 aromatic heterocycles. The smallest absolute Gasteiger partial charge is 0.138 e. The van der Waals surface area contributed by atoms with Crippen LogP contribution in [0.15, 0.2) is 91.0 Å². The number of halogens is 1. The van der Waals surface area contributed by atoms with Crippen LogP contribution in [-0.2, 0) is 6.54 Å².